The second kappa shape index (κ2) is 7.82. The van der Waals surface area contributed by atoms with Crippen molar-refractivity contribution in [1.29, 1.82) is 0 Å². The summed E-state index contributed by atoms with van der Waals surface area (Å²) in [7, 11) is 1.81. The van der Waals surface area contributed by atoms with Gasteiger partial charge in [0.15, 0.2) is 0 Å². The van der Waals surface area contributed by atoms with E-state index in [4.69, 9.17) is 16.6 Å². The number of amides is 1. The summed E-state index contributed by atoms with van der Waals surface area (Å²) in [6.45, 7) is 2.63. The Bertz CT molecular complexity index is 1080. The Kier molecular flexibility index (Phi) is 5.25. The van der Waals surface area contributed by atoms with Gasteiger partial charge in [0.05, 0.1) is 11.4 Å². The number of fused-ring (bicyclic) bond motifs is 2. The molecule has 28 heavy (non-hydrogen) atoms. The van der Waals surface area contributed by atoms with Crippen LogP contribution in [0.15, 0.2) is 81.5 Å². The van der Waals surface area contributed by atoms with Gasteiger partial charge in [-0.3, -0.25) is 4.79 Å². The van der Waals surface area contributed by atoms with E-state index in [-0.39, 0.29) is 5.91 Å². The molecule has 0 saturated heterocycles. The molecular weight excluding hydrogens is 388 g/mol. The highest BCUT2D eigenvalue weighted by atomic mass is 35.5. The van der Waals surface area contributed by atoms with Gasteiger partial charge >= 0.3 is 0 Å². The van der Waals surface area contributed by atoms with Crippen molar-refractivity contribution in [3.05, 3.63) is 88.4 Å². The molecule has 3 aromatic rings. The largest absolute Gasteiger partial charge is 0.342 e. The van der Waals surface area contributed by atoms with Crippen molar-refractivity contribution in [2.24, 2.45) is 4.99 Å². The minimum Gasteiger partial charge on any atom is -0.342 e. The zero-order valence-electron chi connectivity index (χ0n) is 15.6. The van der Waals surface area contributed by atoms with Gasteiger partial charge in [-0.1, -0.05) is 53.7 Å². The molecule has 0 radical (unpaired) electrons. The SMILES string of the molecule is CCN(C)C(=O)c1ccc2c(c1)N=C(c1ccc(Cl)cc1)c1ccccc1S2. The summed E-state index contributed by atoms with van der Waals surface area (Å²) in [5.41, 5.74) is 4.40. The first-order chi connectivity index (χ1) is 13.6. The molecule has 0 spiro atoms. The van der Waals surface area contributed by atoms with Crippen LogP contribution in [-0.4, -0.2) is 30.1 Å². The van der Waals surface area contributed by atoms with Gasteiger partial charge < -0.3 is 4.90 Å². The topological polar surface area (TPSA) is 32.7 Å². The Morgan fingerprint density at radius 1 is 1.04 bits per heavy atom. The Balaban J connectivity index is 1.88. The summed E-state index contributed by atoms with van der Waals surface area (Å²) in [6, 6.07) is 21.7. The lowest BCUT2D eigenvalue weighted by molar-refractivity contribution is 0.0802. The summed E-state index contributed by atoms with van der Waals surface area (Å²) >= 11 is 7.75. The van der Waals surface area contributed by atoms with Crippen LogP contribution in [0.5, 0.6) is 0 Å². The van der Waals surface area contributed by atoms with E-state index in [1.165, 1.54) is 0 Å². The molecule has 3 aromatic carbocycles. The summed E-state index contributed by atoms with van der Waals surface area (Å²) in [5, 5.41) is 0.691. The Morgan fingerprint density at radius 2 is 1.79 bits per heavy atom. The van der Waals surface area contributed by atoms with Gasteiger partial charge in [-0.15, -0.1) is 0 Å². The fourth-order valence-electron chi connectivity index (χ4n) is 3.07. The van der Waals surface area contributed by atoms with Crippen molar-refractivity contribution in [2.45, 2.75) is 16.7 Å². The predicted octanol–water partition coefficient (Wildman–Crippen LogP) is 6.07. The molecule has 1 heterocycles. The number of halogens is 1. The molecule has 0 N–H and O–H groups in total. The van der Waals surface area contributed by atoms with Crippen LogP contribution in [-0.2, 0) is 0 Å². The van der Waals surface area contributed by atoms with Gasteiger partial charge in [0.25, 0.3) is 5.91 Å². The summed E-state index contributed by atoms with van der Waals surface area (Å²) in [5.74, 6) is 0.000282. The van der Waals surface area contributed by atoms with Gasteiger partial charge in [-0.25, -0.2) is 4.99 Å². The van der Waals surface area contributed by atoms with E-state index in [1.54, 1.807) is 23.7 Å². The number of nitrogens with zero attached hydrogens (tertiary/aromatic N) is 2. The van der Waals surface area contributed by atoms with Crippen LogP contribution >= 0.6 is 23.4 Å². The average molecular weight is 407 g/mol. The molecule has 3 nitrogen and oxygen atoms in total. The second-order valence-corrected chi connectivity index (χ2v) is 8.09. The quantitative estimate of drug-likeness (QED) is 0.414. The molecule has 0 aromatic heterocycles. The number of aliphatic imine (C=N–C) groups is 1. The molecular formula is C23H19ClN2OS. The summed E-state index contributed by atoms with van der Waals surface area (Å²) in [6.07, 6.45) is 0. The van der Waals surface area contributed by atoms with Crippen LogP contribution in [0, 0.1) is 0 Å². The van der Waals surface area contributed by atoms with Crippen molar-refractivity contribution in [2.75, 3.05) is 13.6 Å². The van der Waals surface area contributed by atoms with Crippen LogP contribution in [0.25, 0.3) is 0 Å². The molecule has 4 rings (SSSR count). The van der Waals surface area contributed by atoms with Gasteiger partial charge in [-0.05, 0) is 43.3 Å². The highest BCUT2D eigenvalue weighted by molar-refractivity contribution is 7.99. The number of rotatable bonds is 3. The lowest BCUT2D eigenvalue weighted by atomic mass is 10.0. The number of hydrogen-bond donors (Lipinski definition) is 0. The van der Waals surface area contributed by atoms with Crippen LogP contribution in [0.1, 0.15) is 28.4 Å². The van der Waals surface area contributed by atoms with E-state index in [1.807, 2.05) is 61.5 Å². The molecule has 0 unspecified atom stereocenters. The van der Waals surface area contributed by atoms with Gasteiger partial charge in [-0.2, -0.15) is 0 Å². The van der Waals surface area contributed by atoms with Crippen LogP contribution < -0.4 is 0 Å². The normalized spacial score (nSPS) is 12.5. The van der Waals surface area contributed by atoms with Crippen molar-refractivity contribution in [1.82, 2.24) is 4.90 Å². The zero-order valence-corrected chi connectivity index (χ0v) is 17.2. The molecule has 0 aliphatic carbocycles. The third-order valence-electron chi connectivity index (χ3n) is 4.74. The van der Waals surface area contributed by atoms with Gasteiger partial charge in [0.2, 0.25) is 0 Å². The number of carbonyl (C=O) groups is 1. The summed E-state index contributed by atoms with van der Waals surface area (Å²) < 4.78 is 0. The molecule has 1 amide bonds. The van der Waals surface area contributed by atoms with Crippen LogP contribution in [0.3, 0.4) is 0 Å². The smallest absolute Gasteiger partial charge is 0.253 e. The molecule has 5 heteroatoms. The van der Waals surface area contributed by atoms with E-state index in [9.17, 15) is 4.79 Å². The number of hydrogen-bond acceptors (Lipinski definition) is 3. The average Bonchev–Trinajstić information content (AvgIpc) is 2.89. The van der Waals surface area contributed by atoms with Gasteiger partial charge in [0, 0.05) is 45.1 Å². The molecule has 0 fully saturated rings. The second-order valence-electron chi connectivity index (χ2n) is 6.57. The summed E-state index contributed by atoms with van der Waals surface area (Å²) in [4.78, 5) is 21.5. The molecule has 0 atom stereocenters. The minimum atomic E-state index is 0.000282. The van der Waals surface area contributed by atoms with Crippen LogP contribution in [0.2, 0.25) is 5.02 Å². The highest BCUT2D eigenvalue weighted by Crippen LogP contribution is 2.41. The standard InChI is InChI=1S/C23H19ClN2OS/c1-3-26(2)23(27)16-10-13-21-19(14-16)25-22(15-8-11-17(24)12-9-15)18-6-4-5-7-20(18)28-21/h4-14H,3H2,1-2H3. The first-order valence-corrected chi connectivity index (χ1v) is 10.3. The van der Waals surface area contributed by atoms with Crippen molar-refractivity contribution in [3.63, 3.8) is 0 Å². The van der Waals surface area contributed by atoms with Crippen LogP contribution in [0.4, 0.5) is 5.69 Å². The monoisotopic (exact) mass is 406 g/mol. The Hall–Kier alpha value is -2.56. The van der Waals surface area contributed by atoms with Crippen molar-refractivity contribution in [3.8, 4) is 0 Å². The maximum Gasteiger partial charge on any atom is 0.253 e. The molecule has 1 aliphatic heterocycles. The highest BCUT2D eigenvalue weighted by Gasteiger charge is 2.20. The first-order valence-electron chi connectivity index (χ1n) is 9.08. The molecule has 140 valence electrons. The first kappa shape index (κ1) is 18.8. The maximum absolute atomic E-state index is 12.6. The zero-order chi connectivity index (χ0) is 19.7. The molecule has 0 bridgehead atoms. The third kappa shape index (κ3) is 3.58. The van der Waals surface area contributed by atoms with E-state index >= 15 is 0 Å². The number of benzene rings is 3. The third-order valence-corrected chi connectivity index (χ3v) is 6.13. The lowest BCUT2D eigenvalue weighted by Gasteiger charge is -2.15. The van der Waals surface area contributed by atoms with E-state index in [0.717, 1.165) is 32.3 Å². The predicted molar refractivity (Wildman–Crippen MR) is 116 cm³/mol. The Labute approximate surface area is 174 Å². The Morgan fingerprint density at radius 3 is 2.54 bits per heavy atom. The maximum atomic E-state index is 12.6. The fourth-order valence-corrected chi connectivity index (χ4v) is 4.20. The van der Waals surface area contributed by atoms with E-state index in [0.29, 0.717) is 17.1 Å². The van der Waals surface area contributed by atoms with E-state index < -0.39 is 0 Å². The van der Waals surface area contributed by atoms with Crippen molar-refractivity contribution < 1.29 is 4.79 Å². The fraction of sp³-hybridized carbons (Fsp3) is 0.130. The molecule has 1 aliphatic rings. The lowest BCUT2D eigenvalue weighted by Crippen LogP contribution is -2.26. The van der Waals surface area contributed by atoms with Crippen molar-refractivity contribution >= 4 is 40.7 Å². The minimum absolute atomic E-state index is 0.000282. The molecule has 0 saturated carbocycles. The van der Waals surface area contributed by atoms with Gasteiger partial charge in [0.1, 0.15) is 0 Å². The number of carbonyl (C=O) groups excluding carboxylic acids is 1. The van der Waals surface area contributed by atoms with E-state index in [2.05, 4.69) is 12.1 Å².